The van der Waals surface area contributed by atoms with E-state index >= 15 is 0 Å². The molecule has 0 fully saturated rings. The third-order valence-corrected chi connectivity index (χ3v) is 4.00. The quantitative estimate of drug-likeness (QED) is 0.795. The standard InChI is InChI=1S/C15H16FNO3S/c1-9(7-13(19)14-3-2-6-21-14)17-15(20)11-8-10(16)4-5-12(11)18/h2-6,8-9,13,18-19H,7H2,1H3,(H,17,20). The lowest BCUT2D eigenvalue weighted by Crippen LogP contribution is -2.33. The summed E-state index contributed by atoms with van der Waals surface area (Å²) in [5.41, 5.74) is -0.118. The van der Waals surface area contributed by atoms with Crippen LogP contribution in [0.3, 0.4) is 0 Å². The Morgan fingerprint density at radius 3 is 2.86 bits per heavy atom. The highest BCUT2D eigenvalue weighted by Gasteiger charge is 2.18. The Balaban J connectivity index is 1.97. The first-order chi connectivity index (χ1) is 9.97. The first-order valence-electron chi connectivity index (χ1n) is 6.48. The molecule has 0 aliphatic heterocycles. The van der Waals surface area contributed by atoms with Gasteiger partial charge in [-0.2, -0.15) is 0 Å². The average molecular weight is 309 g/mol. The summed E-state index contributed by atoms with van der Waals surface area (Å²) in [6.07, 6.45) is -0.330. The number of rotatable bonds is 5. The molecule has 6 heteroatoms. The van der Waals surface area contributed by atoms with E-state index < -0.39 is 17.8 Å². The Kier molecular flexibility index (Phi) is 4.93. The minimum absolute atomic E-state index is 0.118. The number of aromatic hydroxyl groups is 1. The van der Waals surface area contributed by atoms with Crippen LogP contribution in [0.1, 0.15) is 34.7 Å². The summed E-state index contributed by atoms with van der Waals surface area (Å²) >= 11 is 1.44. The van der Waals surface area contributed by atoms with Gasteiger partial charge in [0.1, 0.15) is 11.6 Å². The molecule has 1 heterocycles. The number of carbonyl (C=O) groups is 1. The Morgan fingerprint density at radius 2 is 2.19 bits per heavy atom. The second-order valence-electron chi connectivity index (χ2n) is 4.80. The van der Waals surface area contributed by atoms with E-state index in [1.165, 1.54) is 11.3 Å². The van der Waals surface area contributed by atoms with E-state index in [4.69, 9.17) is 0 Å². The molecule has 4 nitrogen and oxygen atoms in total. The number of amides is 1. The Labute approximate surface area is 125 Å². The second kappa shape index (κ2) is 6.69. The summed E-state index contributed by atoms with van der Waals surface area (Å²) < 4.78 is 13.1. The van der Waals surface area contributed by atoms with E-state index in [2.05, 4.69) is 5.32 Å². The van der Waals surface area contributed by atoms with Gasteiger partial charge in [0, 0.05) is 10.9 Å². The van der Waals surface area contributed by atoms with Gasteiger partial charge in [-0.15, -0.1) is 11.3 Å². The van der Waals surface area contributed by atoms with Gasteiger partial charge in [-0.25, -0.2) is 4.39 Å². The van der Waals surface area contributed by atoms with Crippen molar-refractivity contribution in [3.63, 3.8) is 0 Å². The van der Waals surface area contributed by atoms with E-state index in [1.54, 1.807) is 6.92 Å². The highest BCUT2D eigenvalue weighted by atomic mass is 32.1. The average Bonchev–Trinajstić information content (AvgIpc) is 2.95. The van der Waals surface area contributed by atoms with Crippen LogP contribution in [0.25, 0.3) is 0 Å². The molecule has 0 spiro atoms. The predicted molar refractivity (Wildman–Crippen MR) is 78.9 cm³/mol. The molecule has 112 valence electrons. The summed E-state index contributed by atoms with van der Waals surface area (Å²) in [4.78, 5) is 12.8. The third-order valence-electron chi connectivity index (χ3n) is 3.03. The number of hydrogen-bond donors (Lipinski definition) is 3. The minimum atomic E-state index is -0.665. The van der Waals surface area contributed by atoms with Crippen molar-refractivity contribution in [2.45, 2.75) is 25.5 Å². The number of hydrogen-bond acceptors (Lipinski definition) is 4. The molecule has 0 saturated heterocycles. The second-order valence-corrected chi connectivity index (χ2v) is 5.78. The zero-order valence-electron chi connectivity index (χ0n) is 11.4. The summed E-state index contributed by atoms with van der Waals surface area (Å²) in [6, 6.07) is 6.54. The SMILES string of the molecule is CC(CC(O)c1cccs1)NC(=O)c1cc(F)ccc1O. The molecule has 2 rings (SSSR count). The number of thiophene rings is 1. The lowest BCUT2D eigenvalue weighted by atomic mass is 10.1. The summed E-state index contributed by atoms with van der Waals surface area (Å²) in [6.45, 7) is 1.74. The lowest BCUT2D eigenvalue weighted by Gasteiger charge is -2.17. The van der Waals surface area contributed by atoms with Crippen LogP contribution in [0.2, 0.25) is 0 Å². The summed E-state index contributed by atoms with van der Waals surface area (Å²) in [5.74, 6) is -1.44. The molecule has 0 aliphatic carbocycles. The normalized spacial score (nSPS) is 13.7. The highest BCUT2D eigenvalue weighted by Crippen LogP contribution is 2.23. The lowest BCUT2D eigenvalue weighted by molar-refractivity contribution is 0.0915. The van der Waals surface area contributed by atoms with Gasteiger partial charge in [-0.1, -0.05) is 6.07 Å². The first-order valence-corrected chi connectivity index (χ1v) is 7.36. The third kappa shape index (κ3) is 4.03. The number of benzene rings is 1. The number of phenols is 1. The Bertz CT molecular complexity index is 615. The highest BCUT2D eigenvalue weighted by molar-refractivity contribution is 7.10. The summed E-state index contributed by atoms with van der Waals surface area (Å²) in [5, 5.41) is 24.1. The zero-order valence-corrected chi connectivity index (χ0v) is 12.2. The topological polar surface area (TPSA) is 69.6 Å². The summed E-state index contributed by atoms with van der Waals surface area (Å²) in [7, 11) is 0. The van der Waals surface area contributed by atoms with Crippen LogP contribution in [-0.4, -0.2) is 22.2 Å². The number of carbonyl (C=O) groups excluding carboxylic acids is 1. The van der Waals surface area contributed by atoms with Crippen LogP contribution < -0.4 is 5.32 Å². The molecule has 1 amide bonds. The first kappa shape index (κ1) is 15.5. The van der Waals surface area contributed by atoms with Gasteiger partial charge in [-0.05, 0) is 43.0 Å². The van der Waals surface area contributed by atoms with Gasteiger partial charge >= 0.3 is 0 Å². The van der Waals surface area contributed by atoms with Crippen molar-refractivity contribution < 1.29 is 19.4 Å². The predicted octanol–water partition coefficient (Wildman–Crippen LogP) is 2.83. The number of aliphatic hydroxyl groups excluding tert-OH is 1. The van der Waals surface area contributed by atoms with Gasteiger partial charge in [0.05, 0.1) is 11.7 Å². The maximum absolute atomic E-state index is 13.1. The fourth-order valence-electron chi connectivity index (χ4n) is 1.98. The molecule has 0 saturated carbocycles. The van der Waals surface area contributed by atoms with Gasteiger partial charge in [0.25, 0.3) is 5.91 Å². The molecule has 1 aromatic heterocycles. The van der Waals surface area contributed by atoms with E-state index in [9.17, 15) is 19.4 Å². The van der Waals surface area contributed by atoms with Gasteiger partial charge in [0.15, 0.2) is 0 Å². The maximum Gasteiger partial charge on any atom is 0.255 e. The van der Waals surface area contributed by atoms with Gasteiger partial charge in [0.2, 0.25) is 0 Å². The van der Waals surface area contributed by atoms with Gasteiger partial charge < -0.3 is 15.5 Å². The van der Waals surface area contributed by atoms with E-state index in [-0.39, 0.29) is 17.4 Å². The molecule has 1 aromatic carbocycles. The van der Waals surface area contributed by atoms with Crippen LogP contribution in [-0.2, 0) is 0 Å². The van der Waals surface area contributed by atoms with E-state index in [0.717, 1.165) is 23.1 Å². The molecule has 2 aromatic rings. The molecule has 3 N–H and O–H groups in total. The number of phenolic OH excluding ortho intramolecular Hbond substituents is 1. The van der Waals surface area contributed by atoms with Crippen LogP contribution in [0.4, 0.5) is 4.39 Å². The number of nitrogens with one attached hydrogen (secondary N) is 1. The van der Waals surface area contributed by atoms with Crippen molar-refractivity contribution in [2.75, 3.05) is 0 Å². The molecule has 0 radical (unpaired) electrons. The van der Waals surface area contributed by atoms with Crippen molar-refractivity contribution in [1.82, 2.24) is 5.32 Å². The largest absolute Gasteiger partial charge is 0.507 e. The molecule has 2 unspecified atom stereocenters. The molecule has 21 heavy (non-hydrogen) atoms. The molecular weight excluding hydrogens is 293 g/mol. The van der Waals surface area contributed by atoms with E-state index in [0.29, 0.717) is 6.42 Å². The maximum atomic E-state index is 13.1. The minimum Gasteiger partial charge on any atom is -0.507 e. The van der Waals surface area contributed by atoms with Crippen molar-refractivity contribution in [3.8, 4) is 5.75 Å². The fourth-order valence-corrected chi connectivity index (χ4v) is 2.71. The zero-order chi connectivity index (χ0) is 15.4. The van der Waals surface area contributed by atoms with Gasteiger partial charge in [-0.3, -0.25) is 4.79 Å². The van der Waals surface area contributed by atoms with Crippen LogP contribution in [0.5, 0.6) is 5.75 Å². The van der Waals surface area contributed by atoms with Crippen LogP contribution >= 0.6 is 11.3 Å². The Hall–Kier alpha value is -1.92. The van der Waals surface area contributed by atoms with Crippen molar-refractivity contribution in [2.24, 2.45) is 0 Å². The number of aliphatic hydroxyl groups is 1. The molecule has 0 bridgehead atoms. The fraction of sp³-hybridized carbons (Fsp3) is 0.267. The van der Waals surface area contributed by atoms with Crippen LogP contribution in [0.15, 0.2) is 35.7 Å². The number of halogens is 1. The molecule has 2 atom stereocenters. The molecular formula is C15H16FNO3S. The molecule has 0 aliphatic rings. The Morgan fingerprint density at radius 1 is 1.43 bits per heavy atom. The van der Waals surface area contributed by atoms with Crippen molar-refractivity contribution in [3.05, 3.63) is 52.0 Å². The van der Waals surface area contributed by atoms with E-state index in [1.807, 2.05) is 17.5 Å². The monoisotopic (exact) mass is 309 g/mol. The van der Waals surface area contributed by atoms with Crippen molar-refractivity contribution >= 4 is 17.2 Å². The van der Waals surface area contributed by atoms with Crippen LogP contribution in [0, 0.1) is 5.82 Å². The van der Waals surface area contributed by atoms with Crippen molar-refractivity contribution in [1.29, 1.82) is 0 Å². The smallest absolute Gasteiger partial charge is 0.255 e.